The lowest BCUT2D eigenvalue weighted by molar-refractivity contribution is 1.16. The maximum absolute atomic E-state index is 2.78. The van der Waals surface area contributed by atoms with Crippen molar-refractivity contribution < 1.29 is 0 Å². The first kappa shape index (κ1) is 47.5. The van der Waals surface area contributed by atoms with Crippen LogP contribution in [0.25, 0.3) is 116 Å². The van der Waals surface area contributed by atoms with Gasteiger partial charge in [-0.25, -0.2) is 0 Å². The molecule has 82 heavy (non-hydrogen) atoms. The Morgan fingerprint density at radius 2 is 0.585 bits per heavy atom. The second-order valence-corrected chi connectivity index (χ2v) is 25.4. The van der Waals surface area contributed by atoms with Gasteiger partial charge in [0.15, 0.2) is 8.07 Å². The molecule has 3 aromatic heterocycles. The van der Waals surface area contributed by atoms with E-state index in [2.05, 4.69) is 335 Å². The van der Waals surface area contributed by atoms with Crippen molar-refractivity contribution in [2.24, 2.45) is 0 Å². The fraction of sp³-hybridized carbons (Fsp3) is 0. The van der Waals surface area contributed by atoms with Crippen molar-refractivity contribution in [3.8, 4) is 50.4 Å². The highest BCUT2D eigenvalue weighted by Crippen LogP contribution is 2.41. The number of rotatable bonds is 10. The minimum Gasteiger partial charge on any atom is -0.309 e. The molecule has 0 saturated heterocycles. The van der Waals surface area contributed by atoms with Crippen LogP contribution in [0, 0.1) is 0 Å². The van der Waals surface area contributed by atoms with Crippen LogP contribution in [0.1, 0.15) is 0 Å². The number of aromatic nitrogens is 3. The Hall–Kier alpha value is -10.5. The lowest BCUT2D eigenvalue weighted by atomic mass is 9.99. The first-order chi connectivity index (χ1) is 40.7. The maximum atomic E-state index is 2.52. The topological polar surface area (TPSA) is 14.8 Å². The molecule has 16 aromatic rings. The van der Waals surface area contributed by atoms with Crippen molar-refractivity contribution in [1.29, 1.82) is 0 Å². The number of para-hydroxylation sites is 4. The van der Waals surface area contributed by atoms with Crippen molar-refractivity contribution in [2.45, 2.75) is 0 Å². The van der Waals surface area contributed by atoms with E-state index in [-0.39, 0.29) is 0 Å². The third-order valence-corrected chi connectivity index (χ3v) is 22.0. The summed E-state index contributed by atoms with van der Waals surface area (Å²) in [7, 11) is -2.78. The molecule has 0 atom stereocenters. The van der Waals surface area contributed by atoms with Gasteiger partial charge in [0, 0.05) is 49.3 Å². The van der Waals surface area contributed by atoms with E-state index in [0.717, 1.165) is 17.1 Å². The van der Waals surface area contributed by atoms with Crippen LogP contribution in [-0.4, -0.2) is 21.8 Å². The van der Waals surface area contributed by atoms with E-state index in [9.17, 15) is 0 Å². The number of nitrogens with zero attached hydrogens (tertiary/aromatic N) is 3. The van der Waals surface area contributed by atoms with Gasteiger partial charge in [-0.1, -0.05) is 243 Å². The number of benzene rings is 13. The van der Waals surface area contributed by atoms with Crippen LogP contribution in [0.2, 0.25) is 0 Å². The van der Waals surface area contributed by atoms with Crippen molar-refractivity contribution in [1.82, 2.24) is 13.7 Å². The van der Waals surface area contributed by atoms with Crippen LogP contribution in [0.4, 0.5) is 0 Å². The molecule has 0 spiro atoms. The molecular weight excluding hydrogens is 1010 g/mol. The largest absolute Gasteiger partial charge is 0.309 e. The lowest BCUT2D eigenvalue weighted by Crippen LogP contribution is -2.74. The van der Waals surface area contributed by atoms with E-state index in [4.69, 9.17) is 0 Å². The van der Waals surface area contributed by atoms with Gasteiger partial charge in [0.05, 0.1) is 38.8 Å². The van der Waals surface area contributed by atoms with Crippen LogP contribution < -0.4 is 20.7 Å². The summed E-state index contributed by atoms with van der Waals surface area (Å²) in [6, 6.07) is 119. The van der Waals surface area contributed by atoms with Gasteiger partial charge in [-0.15, -0.1) is 0 Å². The number of fused-ring (bicyclic) bond motifs is 9. The van der Waals surface area contributed by atoms with Crippen LogP contribution >= 0.6 is 0 Å². The lowest BCUT2D eigenvalue weighted by Gasteiger charge is -2.34. The standard InChI is InChI=1S/C78H53N3Si/c1-5-22-54(23-6-1)56-24-21-25-57(50-56)55-40-43-59(44-41-55)79-73-37-18-15-34-67(73)70-52-60(45-48-77(70)79)80-74-38-19-14-33-66(74)69-51-58(42-47-76(69)80)65-32-13-17-36-72(65)81-75-39-20-16-35-68(75)71-53-64(46-49-78(71)81)82(61-26-7-2-8-27-61,62-28-9-3-10-29-62)63-30-11-4-12-31-63/h1-53H. The molecule has 3 nitrogen and oxygen atoms in total. The minimum atomic E-state index is -2.78. The Labute approximate surface area is 477 Å². The first-order valence-corrected chi connectivity index (χ1v) is 30.3. The van der Waals surface area contributed by atoms with E-state index in [1.165, 1.54) is 120 Å². The zero-order valence-electron chi connectivity index (χ0n) is 44.9. The summed E-state index contributed by atoms with van der Waals surface area (Å²) >= 11 is 0. The van der Waals surface area contributed by atoms with Crippen molar-refractivity contribution in [2.75, 3.05) is 0 Å². The van der Waals surface area contributed by atoms with E-state index < -0.39 is 8.07 Å². The van der Waals surface area contributed by atoms with Crippen molar-refractivity contribution >= 4 is 94.2 Å². The first-order valence-electron chi connectivity index (χ1n) is 28.3. The van der Waals surface area contributed by atoms with E-state index in [1.807, 2.05) is 0 Å². The molecule has 0 bridgehead atoms. The predicted molar refractivity (Wildman–Crippen MR) is 349 cm³/mol. The van der Waals surface area contributed by atoms with E-state index in [1.54, 1.807) is 0 Å². The molecule has 0 radical (unpaired) electrons. The van der Waals surface area contributed by atoms with Crippen LogP contribution in [0.3, 0.4) is 0 Å². The molecule has 3 heterocycles. The molecule has 0 aliphatic heterocycles. The minimum absolute atomic E-state index is 1.13. The summed E-state index contributed by atoms with van der Waals surface area (Å²) in [5.74, 6) is 0. The zero-order valence-corrected chi connectivity index (χ0v) is 45.9. The molecule has 0 saturated carbocycles. The van der Waals surface area contributed by atoms with Crippen LogP contribution in [0.15, 0.2) is 322 Å². The third-order valence-electron chi connectivity index (χ3n) is 17.2. The summed E-state index contributed by atoms with van der Waals surface area (Å²) < 4.78 is 7.37. The normalized spacial score (nSPS) is 11.9. The fourth-order valence-corrected chi connectivity index (χ4v) is 18.3. The quantitative estimate of drug-likeness (QED) is 0.0958. The fourth-order valence-electron chi connectivity index (χ4n) is 13.6. The SMILES string of the molecule is c1ccc(-c2cccc(-c3ccc(-n4c5ccccc5c5cc(-n6c7ccccc7c7cc(-c8ccccc8-n8c9ccccc9c9cc([Si](c%10ccccc%10)(c%10ccccc%10)c%10ccccc%10)ccc98)ccc76)ccc54)cc3)c2)cc1. The Morgan fingerprint density at radius 1 is 0.195 bits per heavy atom. The number of hydrogen-bond donors (Lipinski definition) is 0. The monoisotopic (exact) mass is 1060 g/mol. The highest BCUT2D eigenvalue weighted by Gasteiger charge is 2.41. The molecule has 13 aromatic carbocycles. The Kier molecular flexibility index (Phi) is 11.2. The molecule has 0 fully saturated rings. The summed E-state index contributed by atoms with van der Waals surface area (Å²) in [6.45, 7) is 0. The van der Waals surface area contributed by atoms with Gasteiger partial charge in [-0.2, -0.15) is 0 Å². The summed E-state index contributed by atoms with van der Waals surface area (Å²) in [6.07, 6.45) is 0. The summed E-state index contributed by atoms with van der Waals surface area (Å²) in [4.78, 5) is 0. The van der Waals surface area contributed by atoms with Crippen molar-refractivity contribution in [3.05, 3.63) is 322 Å². The highest BCUT2D eigenvalue weighted by molar-refractivity contribution is 7.20. The summed E-state index contributed by atoms with van der Waals surface area (Å²) in [5, 5.41) is 12.8. The zero-order chi connectivity index (χ0) is 54.1. The molecule has 384 valence electrons. The van der Waals surface area contributed by atoms with Gasteiger partial charge in [0.2, 0.25) is 0 Å². The van der Waals surface area contributed by atoms with Gasteiger partial charge in [0.1, 0.15) is 0 Å². The molecule has 16 rings (SSSR count). The average molecular weight is 1060 g/mol. The maximum Gasteiger partial charge on any atom is 0.179 e. The Morgan fingerprint density at radius 3 is 1.18 bits per heavy atom. The van der Waals surface area contributed by atoms with E-state index >= 15 is 0 Å². The molecule has 0 aliphatic rings. The average Bonchev–Trinajstić information content (AvgIpc) is 4.26. The van der Waals surface area contributed by atoms with Crippen LogP contribution in [0.5, 0.6) is 0 Å². The van der Waals surface area contributed by atoms with Gasteiger partial charge < -0.3 is 13.7 Å². The second-order valence-electron chi connectivity index (χ2n) is 21.6. The van der Waals surface area contributed by atoms with E-state index in [0.29, 0.717) is 0 Å². The number of hydrogen-bond acceptors (Lipinski definition) is 0. The van der Waals surface area contributed by atoms with Crippen LogP contribution in [-0.2, 0) is 0 Å². The molecular formula is C78H53N3Si. The highest BCUT2D eigenvalue weighted by atomic mass is 28.3. The molecule has 0 N–H and O–H groups in total. The van der Waals surface area contributed by atoms with Gasteiger partial charge in [-0.3, -0.25) is 0 Å². The third kappa shape index (κ3) is 7.50. The van der Waals surface area contributed by atoms with Gasteiger partial charge in [-0.05, 0) is 127 Å². The second kappa shape index (κ2) is 19.4. The predicted octanol–water partition coefficient (Wildman–Crippen LogP) is 17.4. The van der Waals surface area contributed by atoms with Gasteiger partial charge >= 0.3 is 0 Å². The smallest absolute Gasteiger partial charge is 0.179 e. The Bertz CT molecular complexity index is 4980. The van der Waals surface area contributed by atoms with Gasteiger partial charge in [0.25, 0.3) is 0 Å². The summed E-state index contributed by atoms with van der Waals surface area (Å²) in [5.41, 5.74) is 17.7. The Balaban J connectivity index is 0.812. The van der Waals surface area contributed by atoms with Crippen molar-refractivity contribution in [3.63, 3.8) is 0 Å². The molecule has 0 amide bonds. The molecule has 0 unspecified atom stereocenters. The molecule has 0 aliphatic carbocycles. The molecule has 4 heteroatoms.